The molecule has 2 rings (SSSR count). The number of aromatic nitrogens is 2. The van der Waals surface area contributed by atoms with Crippen molar-refractivity contribution in [2.75, 3.05) is 28.3 Å². The summed E-state index contributed by atoms with van der Waals surface area (Å²) in [4.78, 5) is 7.72. The molecule has 0 amide bonds. The monoisotopic (exact) mass is 388 g/mol. The Labute approximate surface area is 152 Å². The van der Waals surface area contributed by atoms with Crippen LogP contribution in [-0.4, -0.2) is 55.2 Å². The SMILES string of the molecule is COc1cc(OC)nc(Oc2cccc(F)c2/C(=N/N(C)C)C(F)(F)F)n1. The summed E-state index contributed by atoms with van der Waals surface area (Å²) < 4.78 is 69.9. The van der Waals surface area contributed by atoms with Crippen molar-refractivity contribution < 1.29 is 31.8 Å². The van der Waals surface area contributed by atoms with Crippen LogP contribution >= 0.6 is 0 Å². The van der Waals surface area contributed by atoms with Crippen LogP contribution in [0.15, 0.2) is 29.4 Å². The van der Waals surface area contributed by atoms with Gasteiger partial charge in [0, 0.05) is 14.1 Å². The Hall–Kier alpha value is -3.11. The third-order valence-corrected chi connectivity index (χ3v) is 3.06. The minimum Gasteiger partial charge on any atom is -0.481 e. The summed E-state index contributed by atoms with van der Waals surface area (Å²) in [6, 6.07) is 4.16. The van der Waals surface area contributed by atoms with E-state index in [4.69, 9.17) is 14.2 Å². The first-order chi connectivity index (χ1) is 12.7. The molecule has 0 atom stereocenters. The summed E-state index contributed by atoms with van der Waals surface area (Å²) >= 11 is 0. The predicted octanol–water partition coefficient (Wildman–Crippen LogP) is 3.25. The molecule has 146 valence electrons. The maximum Gasteiger partial charge on any atom is 0.435 e. The average molecular weight is 388 g/mol. The molecule has 0 radical (unpaired) electrons. The Morgan fingerprint density at radius 1 is 1.07 bits per heavy atom. The Kier molecular flexibility index (Phi) is 6.03. The van der Waals surface area contributed by atoms with Crippen molar-refractivity contribution >= 4 is 5.71 Å². The molecule has 7 nitrogen and oxygen atoms in total. The van der Waals surface area contributed by atoms with Gasteiger partial charge in [-0.3, -0.25) is 0 Å². The van der Waals surface area contributed by atoms with Gasteiger partial charge in [-0.25, -0.2) is 4.39 Å². The van der Waals surface area contributed by atoms with Gasteiger partial charge in [0.2, 0.25) is 11.8 Å². The van der Waals surface area contributed by atoms with Gasteiger partial charge in [-0.15, -0.1) is 0 Å². The molecule has 2 aromatic rings. The van der Waals surface area contributed by atoms with Crippen LogP contribution in [0.25, 0.3) is 0 Å². The fraction of sp³-hybridized carbons (Fsp3) is 0.312. The van der Waals surface area contributed by atoms with Gasteiger partial charge in [-0.2, -0.15) is 28.2 Å². The lowest BCUT2D eigenvalue weighted by Gasteiger charge is -2.17. The second kappa shape index (κ2) is 8.06. The first kappa shape index (κ1) is 20.2. The number of alkyl halides is 3. The quantitative estimate of drug-likeness (QED) is 0.430. The van der Waals surface area contributed by atoms with E-state index in [1.54, 1.807) is 0 Å². The summed E-state index contributed by atoms with van der Waals surface area (Å²) in [5.41, 5.74) is -2.33. The Morgan fingerprint density at radius 3 is 2.15 bits per heavy atom. The van der Waals surface area contributed by atoms with Gasteiger partial charge < -0.3 is 19.2 Å². The topological polar surface area (TPSA) is 69.1 Å². The molecule has 0 fully saturated rings. The Morgan fingerprint density at radius 2 is 1.67 bits per heavy atom. The van der Waals surface area contributed by atoms with Crippen LogP contribution in [0.4, 0.5) is 17.6 Å². The molecule has 0 aliphatic heterocycles. The van der Waals surface area contributed by atoms with Crippen molar-refractivity contribution in [2.24, 2.45) is 5.10 Å². The number of rotatable bonds is 6. The Bertz CT molecular complexity index is 819. The second-order valence-electron chi connectivity index (χ2n) is 5.24. The van der Waals surface area contributed by atoms with E-state index in [1.807, 2.05) is 0 Å². The van der Waals surface area contributed by atoms with Gasteiger partial charge in [0.05, 0.1) is 25.8 Å². The molecule has 0 N–H and O–H groups in total. The third-order valence-electron chi connectivity index (χ3n) is 3.06. The maximum atomic E-state index is 14.3. The summed E-state index contributed by atoms with van der Waals surface area (Å²) in [7, 11) is 5.21. The minimum atomic E-state index is -4.93. The van der Waals surface area contributed by atoms with E-state index >= 15 is 0 Å². The number of methoxy groups -OCH3 is 2. The van der Waals surface area contributed by atoms with Crippen LogP contribution in [0.2, 0.25) is 0 Å². The van der Waals surface area contributed by atoms with Crippen molar-refractivity contribution in [3.8, 4) is 23.5 Å². The van der Waals surface area contributed by atoms with Crippen molar-refractivity contribution in [1.29, 1.82) is 0 Å². The molecule has 27 heavy (non-hydrogen) atoms. The molecule has 1 aromatic heterocycles. The van der Waals surface area contributed by atoms with Gasteiger partial charge >= 0.3 is 12.2 Å². The minimum absolute atomic E-state index is 0.0489. The number of hydrogen-bond donors (Lipinski definition) is 0. The number of hydrazone groups is 1. The summed E-state index contributed by atoms with van der Waals surface area (Å²) in [6.45, 7) is 0. The highest BCUT2D eigenvalue weighted by atomic mass is 19.4. The Balaban J connectivity index is 2.59. The highest BCUT2D eigenvalue weighted by Crippen LogP contribution is 2.33. The summed E-state index contributed by atoms with van der Waals surface area (Å²) in [6.07, 6.45) is -4.93. The van der Waals surface area contributed by atoms with Crippen molar-refractivity contribution in [3.63, 3.8) is 0 Å². The molecule has 0 unspecified atom stereocenters. The fourth-order valence-corrected chi connectivity index (χ4v) is 2.00. The van der Waals surface area contributed by atoms with Gasteiger partial charge in [0.25, 0.3) is 0 Å². The summed E-state index contributed by atoms with van der Waals surface area (Å²) in [5.74, 6) is -1.54. The molecule has 11 heteroatoms. The van der Waals surface area contributed by atoms with Gasteiger partial charge in [0.15, 0.2) is 5.71 Å². The van der Waals surface area contributed by atoms with E-state index in [1.165, 1.54) is 40.4 Å². The van der Waals surface area contributed by atoms with E-state index in [2.05, 4.69) is 15.1 Å². The largest absolute Gasteiger partial charge is 0.481 e. The lowest BCUT2D eigenvalue weighted by Crippen LogP contribution is -2.28. The number of hydrogen-bond acceptors (Lipinski definition) is 7. The fourth-order valence-electron chi connectivity index (χ4n) is 2.00. The normalized spacial score (nSPS) is 11.9. The van der Waals surface area contributed by atoms with Gasteiger partial charge in [-0.1, -0.05) is 6.07 Å². The first-order valence-electron chi connectivity index (χ1n) is 7.42. The molecule has 0 spiro atoms. The molecule has 0 bridgehead atoms. The van der Waals surface area contributed by atoms with Crippen molar-refractivity contribution in [1.82, 2.24) is 15.0 Å². The van der Waals surface area contributed by atoms with Crippen LogP contribution in [0.5, 0.6) is 23.5 Å². The number of nitrogens with zero attached hydrogens (tertiary/aromatic N) is 4. The second-order valence-corrected chi connectivity index (χ2v) is 5.24. The average Bonchev–Trinajstić information content (AvgIpc) is 2.59. The molecule has 0 saturated heterocycles. The molecular weight excluding hydrogens is 372 g/mol. The number of halogens is 4. The van der Waals surface area contributed by atoms with Gasteiger partial charge in [0.1, 0.15) is 11.6 Å². The van der Waals surface area contributed by atoms with Crippen LogP contribution in [0.3, 0.4) is 0 Å². The first-order valence-corrected chi connectivity index (χ1v) is 7.42. The highest BCUT2D eigenvalue weighted by molar-refractivity contribution is 6.06. The molecule has 0 aliphatic carbocycles. The van der Waals surface area contributed by atoms with E-state index in [9.17, 15) is 17.6 Å². The lowest BCUT2D eigenvalue weighted by molar-refractivity contribution is -0.0594. The van der Waals surface area contributed by atoms with Crippen LogP contribution in [-0.2, 0) is 0 Å². The standard InChI is InChI=1S/C16H16F4N4O3/c1-24(2)23-14(16(18,19)20)13-9(17)6-5-7-10(13)27-15-21-11(25-3)8-12(22-15)26-4/h5-8H,1-4H3/b23-14-. The molecule has 0 saturated carbocycles. The van der Waals surface area contributed by atoms with E-state index < -0.39 is 29.0 Å². The van der Waals surface area contributed by atoms with Crippen LogP contribution in [0, 0.1) is 5.82 Å². The lowest BCUT2D eigenvalue weighted by atomic mass is 10.1. The molecule has 1 heterocycles. The van der Waals surface area contributed by atoms with Crippen LogP contribution in [0.1, 0.15) is 5.56 Å². The number of benzene rings is 1. The zero-order chi connectivity index (χ0) is 20.2. The molecule has 1 aromatic carbocycles. The molecule has 0 aliphatic rings. The smallest absolute Gasteiger partial charge is 0.435 e. The van der Waals surface area contributed by atoms with E-state index in [0.717, 1.165) is 17.1 Å². The zero-order valence-electron chi connectivity index (χ0n) is 14.8. The predicted molar refractivity (Wildman–Crippen MR) is 87.9 cm³/mol. The number of ether oxygens (including phenoxy) is 3. The van der Waals surface area contributed by atoms with E-state index in [0.29, 0.717) is 0 Å². The zero-order valence-corrected chi connectivity index (χ0v) is 14.8. The van der Waals surface area contributed by atoms with Gasteiger partial charge in [-0.05, 0) is 12.1 Å². The van der Waals surface area contributed by atoms with Crippen molar-refractivity contribution in [2.45, 2.75) is 6.18 Å². The highest BCUT2D eigenvalue weighted by Gasteiger charge is 2.41. The summed E-state index contributed by atoms with van der Waals surface area (Å²) in [5, 5.41) is 4.27. The third kappa shape index (κ3) is 4.96. The van der Waals surface area contributed by atoms with E-state index in [-0.39, 0.29) is 17.8 Å². The van der Waals surface area contributed by atoms with Crippen molar-refractivity contribution in [3.05, 3.63) is 35.6 Å². The van der Waals surface area contributed by atoms with Crippen LogP contribution < -0.4 is 14.2 Å². The maximum absolute atomic E-state index is 14.3. The molecular formula is C16H16F4N4O3.